The van der Waals surface area contributed by atoms with Gasteiger partial charge in [-0.3, -0.25) is 0 Å². The predicted molar refractivity (Wildman–Crippen MR) is 61.5 cm³/mol. The fourth-order valence-electron chi connectivity index (χ4n) is 0.734. The van der Waals surface area contributed by atoms with Gasteiger partial charge in [-0.25, -0.2) is 4.79 Å². The van der Waals surface area contributed by atoms with Crippen LogP contribution in [0.5, 0.6) is 5.75 Å². The second-order valence-corrected chi connectivity index (χ2v) is 3.02. The molecule has 0 radical (unpaired) electrons. The Morgan fingerprint density at radius 2 is 2.00 bits per heavy atom. The van der Waals surface area contributed by atoms with E-state index in [2.05, 4.69) is 6.58 Å². The summed E-state index contributed by atoms with van der Waals surface area (Å²) in [5, 5.41) is 16.5. The van der Waals surface area contributed by atoms with Gasteiger partial charge in [0.15, 0.2) is 0 Å². The Bertz CT molecular complexity index is 306. The van der Waals surface area contributed by atoms with Crippen molar-refractivity contribution in [3.8, 4) is 5.75 Å². The molecule has 0 fully saturated rings. The number of hydrogen-bond acceptors (Lipinski definition) is 3. The molecular formula is C12H16O4. The number of para-hydroxylation sites is 1. The molecule has 2 N–H and O–H groups in total. The van der Waals surface area contributed by atoms with Gasteiger partial charge in [0.05, 0.1) is 6.10 Å². The third-order valence-corrected chi connectivity index (χ3v) is 1.41. The molecule has 0 aromatic heterocycles. The molecule has 0 aliphatic carbocycles. The number of ether oxygens (including phenoxy) is 1. The van der Waals surface area contributed by atoms with Gasteiger partial charge in [-0.15, -0.1) is 0 Å². The third-order valence-electron chi connectivity index (χ3n) is 1.41. The number of carboxylic acids is 1. The van der Waals surface area contributed by atoms with Crippen LogP contribution in [-0.2, 0) is 4.79 Å². The lowest BCUT2D eigenvalue weighted by Crippen LogP contribution is -2.12. The van der Waals surface area contributed by atoms with Crippen molar-refractivity contribution in [2.75, 3.05) is 6.61 Å². The molecule has 0 heterocycles. The van der Waals surface area contributed by atoms with Crippen molar-refractivity contribution in [3.63, 3.8) is 0 Å². The summed E-state index contributed by atoms with van der Waals surface area (Å²) in [6, 6.07) is 9.45. The maximum Gasteiger partial charge on any atom is 0.327 e. The maximum atomic E-state index is 9.25. The van der Waals surface area contributed by atoms with Gasteiger partial charge in [0.25, 0.3) is 0 Å². The monoisotopic (exact) mass is 224 g/mol. The average Bonchev–Trinajstić information content (AvgIpc) is 2.28. The van der Waals surface area contributed by atoms with Crippen molar-refractivity contribution >= 4 is 5.97 Å². The Morgan fingerprint density at radius 1 is 1.50 bits per heavy atom. The molecule has 0 aliphatic rings. The van der Waals surface area contributed by atoms with E-state index < -0.39 is 12.1 Å². The van der Waals surface area contributed by atoms with Crippen molar-refractivity contribution in [2.24, 2.45) is 0 Å². The summed E-state index contributed by atoms with van der Waals surface area (Å²) in [4.78, 5) is 9.25. The van der Waals surface area contributed by atoms with Gasteiger partial charge in [-0.05, 0) is 19.1 Å². The summed E-state index contributed by atoms with van der Waals surface area (Å²) < 4.78 is 5.22. The van der Waals surface area contributed by atoms with Crippen LogP contribution in [0.2, 0.25) is 0 Å². The molecule has 1 atom stereocenters. The molecule has 1 aromatic carbocycles. The molecule has 88 valence electrons. The number of carbonyl (C=O) groups is 1. The minimum absolute atomic E-state index is 0.351. The van der Waals surface area contributed by atoms with Crippen LogP contribution in [0, 0.1) is 0 Å². The second-order valence-electron chi connectivity index (χ2n) is 3.02. The van der Waals surface area contributed by atoms with Gasteiger partial charge >= 0.3 is 5.97 Å². The molecule has 0 amide bonds. The summed E-state index contributed by atoms with van der Waals surface area (Å²) in [6.07, 6.45) is 0.426. The molecule has 0 saturated carbocycles. The topological polar surface area (TPSA) is 66.8 Å². The smallest absolute Gasteiger partial charge is 0.327 e. The molecule has 1 aromatic rings. The number of rotatable bonds is 4. The minimum atomic E-state index is -0.981. The van der Waals surface area contributed by atoms with E-state index in [1.807, 2.05) is 30.3 Å². The first-order chi connectivity index (χ1) is 7.56. The van der Waals surface area contributed by atoms with E-state index in [0.29, 0.717) is 6.61 Å². The summed E-state index contributed by atoms with van der Waals surface area (Å²) in [6.45, 7) is 5.01. The van der Waals surface area contributed by atoms with Crippen LogP contribution < -0.4 is 4.74 Å². The van der Waals surface area contributed by atoms with E-state index in [1.54, 1.807) is 6.92 Å². The van der Waals surface area contributed by atoms with Gasteiger partial charge in [0.1, 0.15) is 12.4 Å². The van der Waals surface area contributed by atoms with E-state index in [4.69, 9.17) is 14.9 Å². The third kappa shape index (κ3) is 8.77. The number of carboxylic acid groups (broad SMARTS) is 1. The second kappa shape index (κ2) is 8.49. The van der Waals surface area contributed by atoms with Crippen molar-refractivity contribution in [3.05, 3.63) is 43.0 Å². The first-order valence-corrected chi connectivity index (χ1v) is 4.77. The van der Waals surface area contributed by atoms with Crippen LogP contribution >= 0.6 is 0 Å². The Hall–Kier alpha value is -1.81. The quantitative estimate of drug-likeness (QED) is 0.764. The van der Waals surface area contributed by atoms with E-state index in [9.17, 15) is 4.79 Å². The van der Waals surface area contributed by atoms with Crippen LogP contribution in [0.25, 0.3) is 0 Å². The number of aliphatic hydroxyl groups excluding tert-OH is 1. The highest BCUT2D eigenvalue weighted by atomic mass is 16.5. The minimum Gasteiger partial charge on any atom is -0.491 e. The van der Waals surface area contributed by atoms with Crippen molar-refractivity contribution in [1.29, 1.82) is 0 Å². The SMILES string of the molecule is C=CC(=O)O.CC(O)COc1ccccc1. The number of aliphatic carboxylic acids is 1. The highest BCUT2D eigenvalue weighted by Crippen LogP contribution is 2.07. The van der Waals surface area contributed by atoms with Crippen molar-refractivity contribution in [1.82, 2.24) is 0 Å². The van der Waals surface area contributed by atoms with Gasteiger partial charge in [0, 0.05) is 6.08 Å². The van der Waals surface area contributed by atoms with Crippen LogP contribution in [0.1, 0.15) is 6.92 Å². The lowest BCUT2D eigenvalue weighted by Gasteiger charge is -2.06. The zero-order valence-corrected chi connectivity index (χ0v) is 9.17. The molecule has 0 saturated heterocycles. The van der Waals surface area contributed by atoms with Crippen LogP contribution in [-0.4, -0.2) is 28.9 Å². The number of benzene rings is 1. The average molecular weight is 224 g/mol. The zero-order valence-electron chi connectivity index (χ0n) is 9.17. The Kier molecular flexibility index (Phi) is 7.53. The Balaban J connectivity index is 0.000000385. The molecule has 0 spiro atoms. The van der Waals surface area contributed by atoms with E-state index in [0.717, 1.165) is 11.8 Å². The summed E-state index contributed by atoms with van der Waals surface area (Å²) in [5.41, 5.74) is 0. The van der Waals surface area contributed by atoms with Gasteiger partial charge in [-0.1, -0.05) is 24.8 Å². The summed E-state index contributed by atoms with van der Waals surface area (Å²) in [7, 11) is 0. The molecule has 16 heavy (non-hydrogen) atoms. The van der Waals surface area contributed by atoms with Crippen molar-refractivity contribution in [2.45, 2.75) is 13.0 Å². The first kappa shape index (κ1) is 14.2. The molecule has 0 bridgehead atoms. The number of aliphatic hydroxyl groups is 1. The van der Waals surface area contributed by atoms with Crippen LogP contribution in [0.15, 0.2) is 43.0 Å². The van der Waals surface area contributed by atoms with Crippen LogP contribution in [0.3, 0.4) is 0 Å². The molecule has 4 heteroatoms. The van der Waals surface area contributed by atoms with Crippen LogP contribution in [0.4, 0.5) is 0 Å². The van der Waals surface area contributed by atoms with Gasteiger partial charge < -0.3 is 14.9 Å². The maximum absolute atomic E-state index is 9.25. The highest BCUT2D eigenvalue weighted by molar-refractivity contribution is 5.78. The summed E-state index contributed by atoms with van der Waals surface area (Å²) in [5.74, 6) is -0.182. The molecule has 1 unspecified atom stereocenters. The predicted octanol–water partition coefficient (Wildman–Crippen LogP) is 1.70. The molecule has 1 rings (SSSR count). The fourth-order valence-corrected chi connectivity index (χ4v) is 0.734. The lowest BCUT2D eigenvalue weighted by atomic mass is 10.3. The zero-order chi connectivity index (χ0) is 12.4. The Morgan fingerprint density at radius 3 is 2.38 bits per heavy atom. The van der Waals surface area contributed by atoms with E-state index in [-0.39, 0.29) is 0 Å². The number of hydrogen-bond donors (Lipinski definition) is 2. The van der Waals surface area contributed by atoms with Gasteiger partial charge in [0.2, 0.25) is 0 Å². The summed E-state index contributed by atoms with van der Waals surface area (Å²) >= 11 is 0. The lowest BCUT2D eigenvalue weighted by molar-refractivity contribution is -0.131. The Labute approximate surface area is 94.8 Å². The van der Waals surface area contributed by atoms with Crippen molar-refractivity contribution < 1.29 is 19.7 Å². The highest BCUT2D eigenvalue weighted by Gasteiger charge is 1.95. The molecule has 4 nitrogen and oxygen atoms in total. The largest absolute Gasteiger partial charge is 0.491 e. The van der Waals surface area contributed by atoms with E-state index >= 15 is 0 Å². The fraction of sp³-hybridized carbons (Fsp3) is 0.250. The first-order valence-electron chi connectivity index (χ1n) is 4.77. The molecule has 0 aliphatic heterocycles. The normalized spacial score (nSPS) is 10.6. The van der Waals surface area contributed by atoms with Gasteiger partial charge in [-0.2, -0.15) is 0 Å². The standard InChI is InChI=1S/C9H12O2.C3H4O2/c1-8(10)7-11-9-5-3-2-4-6-9;1-2-3(4)5/h2-6,8,10H,7H2,1H3;2H,1H2,(H,4,5). The molecular weight excluding hydrogens is 208 g/mol. The van der Waals surface area contributed by atoms with E-state index in [1.165, 1.54) is 0 Å².